The molecule has 4 heteroatoms. The normalized spacial score (nSPS) is 20.6. The maximum absolute atomic E-state index is 12.1. The van der Waals surface area contributed by atoms with Gasteiger partial charge in [-0.05, 0) is 46.0 Å². The minimum absolute atomic E-state index is 0.173. The van der Waals surface area contributed by atoms with Crippen LogP contribution in [0.5, 0.6) is 0 Å². The molecule has 0 radical (unpaired) electrons. The van der Waals surface area contributed by atoms with E-state index in [1.807, 2.05) is 12.1 Å². The quantitative estimate of drug-likeness (QED) is 0.806. The molecule has 104 valence electrons. The zero-order chi connectivity index (χ0) is 14.6. The third kappa shape index (κ3) is 1.86. The molecule has 21 heavy (non-hydrogen) atoms. The van der Waals surface area contributed by atoms with E-state index < -0.39 is 0 Å². The van der Waals surface area contributed by atoms with Crippen molar-refractivity contribution in [2.24, 2.45) is 5.92 Å². The average Bonchev–Trinajstić information content (AvgIpc) is 2.83. The summed E-state index contributed by atoms with van der Waals surface area (Å²) >= 11 is 3.58. The van der Waals surface area contributed by atoms with E-state index in [1.54, 1.807) is 0 Å². The van der Waals surface area contributed by atoms with E-state index >= 15 is 0 Å². The molecule has 0 aromatic heterocycles. The van der Waals surface area contributed by atoms with Gasteiger partial charge in [0.05, 0.1) is 5.92 Å². The molecule has 1 N–H and O–H groups in total. The third-order valence-electron chi connectivity index (χ3n) is 4.26. The predicted octanol–water partition coefficient (Wildman–Crippen LogP) is 3.51. The van der Waals surface area contributed by atoms with Gasteiger partial charge in [0.1, 0.15) is 0 Å². The first kappa shape index (κ1) is 12.8. The number of halogens is 1. The second-order valence-corrected chi connectivity index (χ2v) is 6.32. The molecule has 2 aromatic carbocycles. The zero-order valence-corrected chi connectivity index (χ0v) is 12.7. The van der Waals surface area contributed by atoms with Gasteiger partial charge in [-0.3, -0.25) is 14.9 Å². The number of rotatable bonds is 1. The predicted molar refractivity (Wildman–Crippen MR) is 85.4 cm³/mol. The van der Waals surface area contributed by atoms with Crippen LogP contribution in [0.25, 0.3) is 22.4 Å². The topological polar surface area (TPSA) is 46.2 Å². The highest BCUT2D eigenvalue weighted by molar-refractivity contribution is 9.10. The third-order valence-corrected chi connectivity index (χ3v) is 4.95. The van der Waals surface area contributed by atoms with Crippen LogP contribution in [0.2, 0.25) is 0 Å². The molecule has 2 aromatic rings. The van der Waals surface area contributed by atoms with Gasteiger partial charge in [-0.15, -0.1) is 0 Å². The van der Waals surface area contributed by atoms with Gasteiger partial charge >= 0.3 is 0 Å². The number of piperidine rings is 1. The van der Waals surface area contributed by atoms with Crippen LogP contribution in [0.15, 0.2) is 34.8 Å². The van der Waals surface area contributed by atoms with E-state index in [4.69, 9.17) is 0 Å². The molecule has 0 spiro atoms. The smallest absolute Gasteiger partial charge is 0.234 e. The second-order valence-electron chi connectivity index (χ2n) is 5.47. The molecular formula is C17H12BrNO2. The molecule has 2 amide bonds. The van der Waals surface area contributed by atoms with Crippen molar-refractivity contribution in [2.75, 3.05) is 0 Å². The molecule has 1 unspecified atom stereocenters. The lowest BCUT2D eigenvalue weighted by Crippen LogP contribution is -2.40. The van der Waals surface area contributed by atoms with Crippen molar-refractivity contribution in [3.63, 3.8) is 0 Å². The van der Waals surface area contributed by atoms with Crippen LogP contribution in [0.4, 0.5) is 0 Å². The van der Waals surface area contributed by atoms with Crippen LogP contribution in [-0.2, 0) is 9.59 Å². The summed E-state index contributed by atoms with van der Waals surface area (Å²) in [6.07, 6.45) is 3.08. The van der Waals surface area contributed by atoms with Gasteiger partial charge in [-0.25, -0.2) is 0 Å². The average molecular weight is 342 g/mol. The Kier molecular flexibility index (Phi) is 2.76. The summed E-state index contributed by atoms with van der Waals surface area (Å²) in [7, 11) is 0. The minimum Gasteiger partial charge on any atom is -0.296 e. The van der Waals surface area contributed by atoms with Gasteiger partial charge in [0.15, 0.2) is 0 Å². The van der Waals surface area contributed by atoms with E-state index in [0.717, 1.165) is 26.6 Å². The first-order valence-electron chi connectivity index (χ1n) is 6.92. The molecule has 1 fully saturated rings. The number of hydrogen-bond donors (Lipinski definition) is 1. The molecule has 1 saturated heterocycles. The summed E-state index contributed by atoms with van der Waals surface area (Å²) in [5.41, 5.74) is 3.28. The standard InChI is InChI=1S/C17H12BrNO2/c18-14-6-4-9-8-13(10-2-1-3-12(14)16(9)10)11-5-7-15(20)19-17(11)21/h1-4,6,8,11H,5,7H2,(H,19,20,21). The Balaban J connectivity index is 1.87. The highest BCUT2D eigenvalue weighted by Crippen LogP contribution is 2.43. The first-order valence-corrected chi connectivity index (χ1v) is 7.71. The van der Waals surface area contributed by atoms with Crippen LogP contribution < -0.4 is 5.32 Å². The van der Waals surface area contributed by atoms with Gasteiger partial charge in [0, 0.05) is 10.9 Å². The van der Waals surface area contributed by atoms with Gasteiger partial charge in [0.2, 0.25) is 11.8 Å². The molecule has 2 aliphatic rings. The first-order chi connectivity index (χ1) is 10.1. The maximum Gasteiger partial charge on any atom is 0.234 e. The van der Waals surface area contributed by atoms with E-state index in [0.29, 0.717) is 12.8 Å². The summed E-state index contributed by atoms with van der Waals surface area (Å²) in [6.45, 7) is 0. The largest absolute Gasteiger partial charge is 0.296 e. The Morgan fingerprint density at radius 3 is 2.81 bits per heavy atom. The number of imide groups is 1. The molecule has 0 bridgehead atoms. The number of carbonyl (C=O) groups is 2. The summed E-state index contributed by atoms with van der Waals surface area (Å²) in [6, 6.07) is 10.2. The SMILES string of the molecule is O=C1CCC(C2=Cc3ccc(Br)c4cccc2c34)C(=O)N1. The van der Waals surface area contributed by atoms with Crippen LogP contribution in [0.3, 0.4) is 0 Å². The summed E-state index contributed by atoms with van der Waals surface area (Å²) in [5.74, 6) is -0.589. The molecule has 1 atom stereocenters. The van der Waals surface area contributed by atoms with Crippen molar-refractivity contribution in [2.45, 2.75) is 12.8 Å². The number of nitrogens with one attached hydrogen (secondary N) is 1. The molecule has 3 nitrogen and oxygen atoms in total. The Morgan fingerprint density at radius 2 is 2.00 bits per heavy atom. The fourth-order valence-electron chi connectivity index (χ4n) is 3.28. The van der Waals surface area contributed by atoms with E-state index in [1.165, 1.54) is 5.39 Å². The van der Waals surface area contributed by atoms with Crippen molar-refractivity contribution < 1.29 is 9.59 Å². The fraction of sp³-hybridized carbons (Fsp3) is 0.176. The molecular weight excluding hydrogens is 330 g/mol. The number of benzene rings is 2. The number of carbonyl (C=O) groups excluding carboxylic acids is 2. The molecule has 1 aliphatic carbocycles. The Bertz CT molecular complexity index is 838. The van der Waals surface area contributed by atoms with Crippen LogP contribution in [-0.4, -0.2) is 11.8 Å². The zero-order valence-electron chi connectivity index (χ0n) is 11.2. The van der Waals surface area contributed by atoms with Gasteiger partial charge in [-0.2, -0.15) is 0 Å². The lowest BCUT2D eigenvalue weighted by atomic mass is 9.87. The number of hydrogen-bond acceptors (Lipinski definition) is 2. The van der Waals surface area contributed by atoms with Gasteiger partial charge < -0.3 is 0 Å². The van der Waals surface area contributed by atoms with Crippen LogP contribution >= 0.6 is 15.9 Å². The van der Waals surface area contributed by atoms with Gasteiger partial charge in [-0.1, -0.05) is 40.2 Å². The summed E-state index contributed by atoms with van der Waals surface area (Å²) in [5, 5.41) is 4.79. The Hall–Kier alpha value is -1.94. The highest BCUT2D eigenvalue weighted by Gasteiger charge is 2.33. The van der Waals surface area contributed by atoms with Crippen molar-refractivity contribution >= 4 is 50.2 Å². The Morgan fingerprint density at radius 1 is 1.14 bits per heavy atom. The molecule has 1 aliphatic heterocycles. The molecule has 0 saturated carbocycles. The maximum atomic E-state index is 12.1. The monoisotopic (exact) mass is 341 g/mol. The van der Waals surface area contributed by atoms with Crippen LogP contribution in [0.1, 0.15) is 24.0 Å². The van der Waals surface area contributed by atoms with Crippen molar-refractivity contribution in [1.82, 2.24) is 5.32 Å². The van der Waals surface area contributed by atoms with Crippen molar-refractivity contribution in [1.29, 1.82) is 0 Å². The lowest BCUT2D eigenvalue weighted by molar-refractivity contribution is -0.134. The summed E-state index contributed by atoms with van der Waals surface area (Å²) < 4.78 is 1.06. The highest BCUT2D eigenvalue weighted by atomic mass is 79.9. The van der Waals surface area contributed by atoms with Crippen molar-refractivity contribution in [3.05, 3.63) is 45.9 Å². The van der Waals surface area contributed by atoms with E-state index in [9.17, 15) is 9.59 Å². The van der Waals surface area contributed by atoms with E-state index in [-0.39, 0.29) is 17.7 Å². The summed E-state index contributed by atoms with van der Waals surface area (Å²) in [4.78, 5) is 23.5. The fourth-order valence-corrected chi connectivity index (χ4v) is 3.75. The minimum atomic E-state index is -0.237. The second kappa shape index (κ2) is 4.53. The lowest BCUT2D eigenvalue weighted by Gasteiger charge is -2.22. The van der Waals surface area contributed by atoms with Crippen LogP contribution in [0, 0.1) is 5.92 Å². The Labute approximate surface area is 130 Å². The van der Waals surface area contributed by atoms with Crippen molar-refractivity contribution in [3.8, 4) is 0 Å². The molecule has 1 heterocycles. The number of amides is 2. The van der Waals surface area contributed by atoms with E-state index in [2.05, 4.69) is 45.5 Å². The molecule has 4 rings (SSSR count). The van der Waals surface area contributed by atoms with Gasteiger partial charge in [0.25, 0.3) is 0 Å².